The predicted molar refractivity (Wildman–Crippen MR) is 72.6 cm³/mol. The minimum Gasteiger partial charge on any atom is -0.480 e. The SMILES string of the molecule is CS(=O)(=O)c1ccc(C(=O)N2CC(O)C[C@H]2C(=O)O)cc1. The van der Waals surface area contributed by atoms with Gasteiger partial charge in [0.05, 0.1) is 11.0 Å². The van der Waals surface area contributed by atoms with Gasteiger partial charge in [0.2, 0.25) is 0 Å². The van der Waals surface area contributed by atoms with Gasteiger partial charge >= 0.3 is 5.97 Å². The van der Waals surface area contributed by atoms with E-state index < -0.39 is 33.9 Å². The van der Waals surface area contributed by atoms with Crippen LogP contribution in [0.3, 0.4) is 0 Å². The summed E-state index contributed by atoms with van der Waals surface area (Å²) in [7, 11) is -3.36. The Morgan fingerprint density at radius 3 is 2.29 bits per heavy atom. The van der Waals surface area contributed by atoms with Crippen molar-refractivity contribution in [3.05, 3.63) is 29.8 Å². The predicted octanol–water partition coefficient (Wildman–Crippen LogP) is -0.250. The molecular weight excluding hydrogens is 298 g/mol. The van der Waals surface area contributed by atoms with E-state index in [4.69, 9.17) is 5.11 Å². The van der Waals surface area contributed by atoms with Gasteiger partial charge in [0.1, 0.15) is 6.04 Å². The molecule has 1 amide bonds. The van der Waals surface area contributed by atoms with Crippen molar-refractivity contribution >= 4 is 21.7 Å². The maximum atomic E-state index is 12.3. The zero-order valence-corrected chi connectivity index (χ0v) is 12.1. The number of carboxylic acid groups (broad SMARTS) is 1. The molecule has 0 saturated carbocycles. The first-order valence-electron chi connectivity index (χ1n) is 6.22. The highest BCUT2D eigenvalue weighted by Gasteiger charge is 2.39. The van der Waals surface area contributed by atoms with Gasteiger partial charge in [0, 0.05) is 24.8 Å². The summed E-state index contributed by atoms with van der Waals surface area (Å²) in [4.78, 5) is 24.5. The van der Waals surface area contributed by atoms with Crippen LogP contribution >= 0.6 is 0 Å². The Morgan fingerprint density at radius 2 is 1.81 bits per heavy atom. The summed E-state index contributed by atoms with van der Waals surface area (Å²) in [6.45, 7) is -0.0520. The number of carbonyl (C=O) groups is 2. The smallest absolute Gasteiger partial charge is 0.326 e. The molecular formula is C13H15NO6S. The lowest BCUT2D eigenvalue weighted by Crippen LogP contribution is -2.40. The molecule has 0 aromatic heterocycles. The van der Waals surface area contributed by atoms with Gasteiger partial charge in [-0.05, 0) is 24.3 Å². The standard InChI is InChI=1S/C13H15NO6S/c1-21(19,20)10-4-2-8(3-5-10)12(16)14-7-9(15)6-11(14)13(17)18/h2-5,9,11,15H,6-7H2,1H3,(H,17,18)/t9?,11-/m0/s1. The number of carboxylic acids is 1. The second-order valence-corrected chi connectivity index (χ2v) is 7.01. The number of rotatable bonds is 3. The fourth-order valence-electron chi connectivity index (χ4n) is 2.28. The minimum absolute atomic E-state index is 0.0114. The van der Waals surface area contributed by atoms with E-state index in [1.807, 2.05) is 0 Å². The van der Waals surface area contributed by atoms with Crippen LogP contribution in [0.15, 0.2) is 29.2 Å². The highest BCUT2D eigenvalue weighted by Crippen LogP contribution is 2.21. The molecule has 2 atom stereocenters. The van der Waals surface area contributed by atoms with Gasteiger partial charge in [-0.3, -0.25) is 4.79 Å². The quantitative estimate of drug-likeness (QED) is 0.796. The summed E-state index contributed by atoms with van der Waals surface area (Å²) in [5, 5.41) is 18.6. The minimum atomic E-state index is -3.36. The molecule has 8 heteroatoms. The van der Waals surface area contributed by atoms with Crippen molar-refractivity contribution in [3.63, 3.8) is 0 Å². The Balaban J connectivity index is 2.26. The molecule has 1 unspecified atom stereocenters. The van der Waals surface area contributed by atoms with Gasteiger partial charge < -0.3 is 15.1 Å². The summed E-state index contributed by atoms with van der Waals surface area (Å²) < 4.78 is 22.7. The second-order valence-electron chi connectivity index (χ2n) is 5.00. The summed E-state index contributed by atoms with van der Waals surface area (Å²) >= 11 is 0. The molecule has 1 aromatic rings. The molecule has 114 valence electrons. The van der Waals surface area contributed by atoms with Crippen molar-refractivity contribution in [2.45, 2.75) is 23.5 Å². The molecule has 2 N–H and O–H groups in total. The molecule has 0 spiro atoms. The Hall–Kier alpha value is -1.93. The van der Waals surface area contributed by atoms with E-state index in [1.54, 1.807) is 0 Å². The molecule has 1 fully saturated rings. The third-order valence-electron chi connectivity index (χ3n) is 3.35. The lowest BCUT2D eigenvalue weighted by molar-refractivity contribution is -0.141. The second kappa shape index (κ2) is 5.45. The van der Waals surface area contributed by atoms with E-state index in [0.717, 1.165) is 11.2 Å². The molecule has 1 aromatic carbocycles. The van der Waals surface area contributed by atoms with E-state index in [-0.39, 0.29) is 23.4 Å². The topological polar surface area (TPSA) is 112 Å². The average molecular weight is 313 g/mol. The molecule has 7 nitrogen and oxygen atoms in total. The first kappa shape index (κ1) is 15.5. The van der Waals surface area contributed by atoms with Gasteiger partial charge in [-0.1, -0.05) is 0 Å². The summed E-state index contributed by atoms with van der Waals surface area (Å²) in [6.07, 6.45) is 0.175. The number of nitrogens with zero attached hydrogens (tertiary/aromatic N) is 1. The van der Waals surface area contributed by atoms with Crippen molar-refractivity contribution in [1.29, 1.82) is 0 Å². The zero-order valence-electron chi connectivity index (χ0n) is 11.3. The number of benzene rings is 1. The Bertz CT molecular complexity index is 666. The molecule has 1 heterocycles. The van der Waals surface area contributed by atoms with Crippen molar-refractivity contribution < 1.29 is 28.2 Å². The number of hydrogen-bond acceptors (Lipinski definition) is 5. The number of β-amino-alcohol motifs (C(OH)–C–C–N with tert-alkyl or cyclic N) is 1. The van der Waals surface area contributed by atoms with E-state index >= 15 is 0 Å². The molecule has 0 radical (unpaired) electrons. The van der Waals surface area contributed by atoms with Crippen LogP contribution in [-0.2, 0) is 14.6 Å². The van der Waals surface area contributed by atoms with Crippen LogP contribution in [0.4, 0.5) is 0 Å². The number of sulfone groups is 1. The van der Waals surface area contributed by atoms with Gasteiger partial charge in [0.15, 0.2) is 9.84 Å². The van der Waals surface area contributed by atoms with Crippen LogP contribution in [0.2, 0.25) is 0 Å². The van der Waals surface area contributed by atoms with Gasteiger partial charge in [-0.25, -0.2) is 13.2 Å². The summed E-state index contributed by atoms with van der Waals surface area (Å²) in [5.41, 5.74) is 0.183. The molecule has 1 aliphatic heterocycles. The molecule has 0 bridgehead atoms. The average Bonchev–Trinajstić information content (AvgIpc) is 2.79. The fourth-order valence-corrected chi connectivity index (χ4v) is 2.91. The van der Waals surface area contributed by atoms with E-state index in [1.165, 1.54) is 24.3 Å². The largest absolute Gasteiger partial charge is 0.480 e. The third kappa shape index (κ3) is 3.22. The van der Waals surface area contributed by atoms with E-state index in [2.05, 4.69) is 0 Å². The molecule has 21 heavy (non-hydrogen) atoms. The monoisotopic (exact) mass is 313 g/mol. The van der Waals surface area contributed by atoms with Crippen molar-refractivity contribution in [1.82, 2.24) is 4.90 Å². The van der Waals surface area contributed by atoms with Crippen LogP contribution in [-0.4, -0.2) is 60.4 Å². The van der Waals surface area contributed by atoms with Gasteiger partial charge in [-0.2, -0.15) is 0 Å². The lowest BCUT2D eigenvalue weighted by atomic mass is 10.1. The normalized spacial score (nSPS) is 22.3. The molecule has 1 saturated heterocycles. The number of aliphatic carboxylic acids is 1. The molecule has 2 rings (SSSR count). The number of aliphatic hydroxyl groups is 1. The van der Waals surface area contributed by atoms with Crippen LogP contribution in [0, 0.1) is 0 Å². The molecule has 0 aliphatic carbocycles. The first-order valence-corrected chi connectivity index (χ1v) is 8.11. The Labute approximate surface area is 121 Å². The van der Waals surface area contributed by atoms with Crippen LogP contribution in [0.5, 0.6) is 0 Å². The number of amides is 1. The number of aliphatic hydroxyl groups excluding tert-OH is 1. The molecule has 1 aliphatic rings. The summed E-state index contributed by atoms with van der Waals surface area (Å²) in [5.74, 6) is -1.72. The van der Waals surface area contributed by atoms with Crippen LogP contribution in [0.25, 0.3) is 0 Å². The van der Waals surface area contributed by atoms with E-state index in [0.29, 0.717) is 0 Å². The third-order valence-corrected chi connectivity index (χ3v) is 4.48. The van der Waals surface area contributed by atoms with Crippen molar-refractivity contribution in [3.8, 4) is 0 Å². The lowest BCUT2D eigenvalue weighted by Gasteiger charge is -2.21. The maximum absolute atomic E-state index is 12.3. The highest BCUT2D eigenvalue weighted by molar-refractivity contribution is 7.90. The van der Waals surface area contributed by atoms with Gasteiger partial charge in [0.25, 0.3) is 5.91 Å². The number of likely N-dealkylation sites (tertiary alicyclic amines) is 1. The Kier molecular flexibility index (Phi) is 4.02. The van der Waals surface area contributed by atoms with Gasteiger partial charge in [-0.15, -0.1) is 0 Å². The highest BCUT2D eigenvalue weighted by atomic mass is 32.2. The van der Waals surface area contributed by atoms with Crippen LogP contribution in [0.1, 0.15) is 16.8 Å². The Morgan fingerprint density at radius 1 is 1.24 bits per heavy atom. The van der Waals surface area contributed by atoms with Crippen molar-refractivity contribution in [2.24, 2.45) is 0 Å². The fraction of sp³-hybridized carbons (Fsp3) is 0.385. The first-order chi connectivity index (χ1) is 9.70. The number of carbonyl (C=O) groups excluding carboxylic acids is 1. The maximum Gasteiger partial charge on any atom is 0.326 e. The zero-order chi connectivity index (χ0) is 15.8. The van der Waals surface area contributed by atoms with Crippen molar-refractivity contribution in [2.75, 3.05) is 12.8 Å². The van der Waals surface area contributed by atoms with E-state index in [9.17, 15) is 23.1 Å². The van der Waals surface area contributed by atoms with Crippen LogP contribution < -0.4 is 0 Å². The summed E-state index contributed by atoms with van der Waals surface area (Å²) in [6, 6.07) is 4.20. The number of hydrogen-bond donors (Lipinski definition) is 2.